The van der Waals surface area contributed by atoms with Gasteiger partial charge in [0.15, 0.2) is 0 Å². The van der Waals surface area contributed by atoms with Gasteiger partial charge in [0.1, 0.15) is 6.10 Å². The summed E-state index contributed by atoms with van der Waals surface area (Å²) in [7, 11) is 0. The van der Waals surface area contributed by atoms with Gasteiger partial charge in [-0.1, -0.05) is 6.08 Å². The van der Waals surface area contributed by atoms with Crippen LogP contribution in [0.5, 0.6) is 0 Å². The summed E-state index contributed by atoms with van der Waals surface area (Å²) in [5.41, 5.74) is 0. The van der Waals surface area contributed by atoms with Crippen LogP contribution in [0.25, 0.3) is 0 Å². The molecule has 0 aliphatic heterocycles. The minimum absolute atomic E-state index is 0.327. The summed E-state index contributed by atoms with van der Waals surface area (Å²) in [6.45, 7) is 2.05. The van der Waals surface area contributed by atoms with Gasteiger partial charge in [-0.05, 0) is 13.0 Å². The third kappa shape index (κ3) is 2.76. The molecule has 0 bridgehead atoms. The molecule has 2 unspecified atom stereocenters. The van der Waals surface area contributed by atoms with E-state index in [0.717, 1.165) is 0 Å². The highest BCUT2D eigenvalue weighted by Gasteiger charge is 2.27. The molecule has 0 aromatic rings. The third-order valence-corrected chi connectivity index (χ3v) is 1.89. The summed E-state index contributed by atoms with van der Waals surface area (Å²) < 4.78 is 9.28. The summed E-state index contributed by atoms with van der Waals surface area (Å²) >= 11 is 0. The van der Waals surface area contributed by atoms with Crippen LogP contribution in [0, 0.1) is 5.92 Å². The topological polar surface area (TPSA) is 72.8 Å². The molecule has 5 heteroatoms. The van der Waals surface area contributed by atoms with Crippen LogP contribution in [0.2, 0.25) is 0 Å². The Kier molecular flexibility index (Phi) is 3.50. The average molecular weight is 200 g/mol. The van der Waals surface area contributed by atoms with Crippen LogP contribution in [-0.2, 0) is 14.3 Å². The molecule has 0 spiro atoms. The molecule has 5 nitrogen and oxygen atoms in total. The summed E-state index contributed by atoms with van der Waals surface area (Å²) in [6, 6.07) is 0. The van der Waals surface area contributed by atoms with E-state index in [2.05, 4.69) is 4.74 Å². The Morgan fingerprint density at radius 2 is 2.21 bits per heavy atom. The van der Waals surface area contributed by atoms with Crippen molar-refractivity contribution < 1.29 is 24.2 Å². The molecular weight excluding hydrogens is 188 g/mol. The van der Waals surface area contributed by atoms with E-state index in [1.807, 2.05) is 0 Å². The maximum Gasteiger partial charge on any atom is 0.506 e. The molecule has 0 amide bonds. The molecule has 0 saturated carbocycles. The molecule has 0 aromatic heterocycles. The third-order valence-electron chi connectivity index (χ3n) is 1.89. The Bertz CT molecular complexity index is 258. The maximum atomic E-state index is 11.2. The van der Waals surface area contributed by atoms with Gasteiger partial charge < -0.3 is 14.6 Å². The van der Waals surface area contributed by atoms with E-state index in [1.165, 1.54) is 0 Å². The molecule has 0 aromatic carbocycles. The van der Waals surface area contributed by atoms with Crippen LogP contribution < -0.4 is 0 Å². The lowest BCUT2D eigenvalue weighted by atomic mass is 10.1. The molecule has 14 heavy (non-hydrogen) atoms. The lowest BCUT2D eigenvalue weighted by Crippen LogP contribution is -2.19. The SMILES string of the molecule is CCOC(=O)C1C=CC(OC(=O)O)C1. The number of ether oxygens (including phenoxy) is 2. The van der Waals surface area contributed by atoms with Crippen LogP contribution in [0.15, 0.2) is 12.2 Å². The maximum absolute atomic E-state index is 11.2. The predicted molar refractivity (Wildman–Crippen MR) is 46.8 cm³/mol. The molecule has 2 atom stereocenters. The fraction of sp³-hybridized carbons (Fsp3) is 0.556. The van der Waals surface area contributed by atoms with E-state index < -0.39 is 12.3 Å². The predicted octanol–water partition coefficient (Wildman–Crippen LogP) is 1.19. The molecule has 1 N–H and O–H groups in total. The highest BCUT2D eigenvalue weighted by atomic mass is 16.7. The van der Waals surface area contributed by atoms with Gasteiger partial charge in [-0.2, -0.15) is 0 Å². The molecule has 1 aliphatic carbocycles. The van der Waals surface area contributed by atoms with Gasteiger partial charge in [0.25, 0.3) is 0 Å². The van der Waals surface area contributed by atoms with Crippen molar-refractivity contribution in [2.24, 2.45) is 5.92 Å². The second kappa shape index (κ2) is 4.64. The van der Waals surface area contributed by atoms with Gasteiger partial charge in [-0.15, -0.1) is 0 Å². The van der Waals surface area contributed by atoms with Gasteiger partial charge in [0, 0.05) is 6.42 Å². The Morgan fingerprint density at radius 3 is 2.79 bits per heavy atom. The zero-order chi connectivity index (χ0) is 10.6. The first-order chi connectivity index (χ1) is 6.63. The Hall–Kier alpha value is -1.52. The molecule has 0 heterocycles. The Labute approximate surface area is 81.3 Å². The molecule has 0 radical (unpaired) electrons. The summed E-state index contributed by atoms with van der Waals surface area (Å²) in [5.74, 6) is -0.709. The monoisotopic (exact) mass is 200 g/mol. The van der Waals surface area contributed by atoms with Crippen LogP contribution in [0.1, 0.15) is 13.3 Å². The second-order valence-corrected chi connectivity index (χ2v) is 2.90. The quantitative estimate of drug-likeness (QED) is 0.547. The summed E-state index contributed by atoms with van der Waals surface area (Å²) in [5, 5.41) is 8.33. The Balaban J connectivity index is 2.38. The highest BCUT2D eigenvalue weighted by molar-refractivity contribution is 5.75. The van der Waals surface area contributed by atoms with Crippen molar-refractivity contribution in [3.8, 4) is 0 Å². The van der Waals surface area contributed by atoms with Gasteiger partial charge >= 0.3 is 12.1 Å². The fourth-order valence-electron chi connectivity index (χ4n) is 1.31. The van der Waals surface area contributed by atoms with E-state index in [1.54, 1.807) is 19.1 Å². The normalized spacial score (nSPS) is 24.6. The minimum Gasteiger partial charge on any atom is -0.466 e. The number of rotatable bonds is 3. The molecule has 78 valence electrons. The van der Waals surface area contributed by atoms with Crippen LogP contribution in [0.4, 0.5) is 4.79 Å². The zero-order valence-corrected chi connectivity index (χ0v) is 7.80. The fourth-order valence-corrected chi connectivity index (χ4v) is 1.31. The molecule has 0 saturated heterocycles. The highest BCUT2D eigenvalue weighted by Crippen LogP contribution is 2.21. The number of hydrogen-bond acceptors (Lipinski definition) is 4. The van der Waals surface area contributed by atoms with Crippen molar-refractivity contribution >= 4 is 12.1 Å². The van der Waals surface area contributed by atoms with Crippen molar-refractivity contribution in [2.75, 3.05) is 6.61 Å². The van der Waals surface area contributed by atoms with Crippen molar-refractivity contribution in [3.63, 3.8) is 0 Å². The number of carbonyl (C=O) groups excluding carboxylic acids is 1. The van der Waals surface area contributed by atoms with Crippen molar-refractivity contribution in [2.45, 2.75) is 19.4 Å². The van der Waals surface area contributed by atoms with Gasteiger partial charge in [-0.25, -0.2) is 4.79 Å². The first-order valence-electron chi connectivity index (χ1n) is 4.38. The Morgan fingerprint density at radius 1 is 1.50 bits per heavy atom. The first-order valence-corrected chi connectivity index (χ1v) is 4.38. The number of esters is 1. The summed E-state index contributed by atoms with van der Waals surface area (Å²) in [4.78, 5) is 21.4. The first kappa shape index (κ1) is 10.6. The van der Waals surface area contributed by atoms with Gasteiger partial charge in [0.05, 0.1) is 12.5 Å². The van der Waals surface area contributed by atoms with Crippen LogP contribution in [0.3, 0.4) is 0 Å². The van der Waals surface area contributed by atoms with E-state index in [9.17, 15) is 9.59 Å². The number of hydrogen-bond donors (Lipinski definition) is 1. The number of carbonyl (C=O) groups is 2. The molecular formula is C9H12O5. The van der Waals surface area contributed by atoms with E-state index in [0.29, 0.717) is 13.0 Å². The van der Waals surface area contributed by atoms with E-state index in [-0.39, 0.29) is 11.9 Å². The van der Waals surface area contributed by atoms with E-state index in [4.69, 9.17) is 9.84 Å². The smallest absolute Gasteiger partial charge is 0.466 e. The minimum atomic E-state index is -1.33. The average Bonchev–Trinajstić information content (AvgIpc) is 2.52. The second-order valence-electron chi connectivity index (χ2n) is 2.90. The van der Waals surface area contributed by atoms with Gasteiger partial charge in [-0.3, -0.25) is 4.79 Å². The largest absolute Gasteiger partial charge is 0.506 e. The molecule has 1 aliphatic rings. The van der Waals surface area contributed by atoms with Gasteiger partial charge in [0.2, 0.25) is 0 Å². The van der Waals surface area contributed by atoms with Crippen molar-refractivity contribution in [1.82, 2.24) is 0 Å². The van der Waals surface area contributed by atoms with E-state index >= 15 is 0 Å². The molecule has 0 fully saturated rings. The van der Waals surface area contributed by atoms with Crippen LogP contribution in [-0.4, -0.2) is 29.9 Å². The molecule has 1 rings (SSSR count). The van der Waals surface area contributed by atoms with Crippen LogP contribution >= 0.6 is 0 Å². The zero-order valence-electron chi connectivity index (χ0n) is 7.80. The summed E-state index contributed by atoms with van der Waals surface area (Å²) in [6.07, 6.45) is 1.66. The lowest BCUT2D eigenvalue weighted by Gasteiger charge is -2.10. The lowest BCUT2D eigenvalue weighted by molar-refractivity contribution is -0.146. The van der Waals surface area contributed by atoms with Crippen molar-refractivity contribution in [3.05, 3.63) is 12.2 Å². The van der Waals surface area contributed by atoms with Crippen molar-refractivity contribution in [1.29, 1.82) is 0 Å². The number of carboxylic acid groups (broad SMARTS) is 1. The standard InChI is InChI=1S/C9H12O5/c1-2-13-8(10)6-3-4-7(5-6)14-9(11)12/h3-4,6-7H,2,5H2,1H3,(H,11,12).